The molecule has 0 aliphatic rings. The Morgan fingerprint density at radius 3 is 2.50 bits per heavy atom. The molecular weight excluding hydrogens is 364 g/mol. The molecule has 0 saturated heterocycles. The van der Waals surface area contributed by atoms with E-state index in [1.165, 1.54) is 18.3 Å². The van der Waals surface area contributed by atoms with Gasteiger partial charge in [0.2, 0.25) is 5.95 Å². The van der Waals surface area contributed by atoms with Crippen LogP contribution in [0.2, 0.25) is 0 Å². The van der Waals surface area contributed by atoms with Gasteiger partial charge >= 0.3 is 6.03 Å². The number of hydrogen-bond donors (Lipinski definition) is 3. The van der Waals surface area contributed by atoms with Gasteiger partial charge in [0.25, 0.3) is 15.7 Å². The smallest absolute Gasteiger partial charge is 0.331 e. The molecule has 1 heterocycles. The Bertz CT molecular complexity index is 887. The summed E-state index contributed by atoms with van der Waals surface area (Å²) in [6.07, 6.45) is 1.38. The summed E-state index contributed by atoms with van der Waals surface area (Å²) in [5.41, 5.74) is 4.77. The summed E-state index contributed by atoms with van der Waals surface area (Å²) in [7, 11) is -4.42. The molecule has 0 radical (unpaired) electrons. The van der Waals surface area contributed by atoms with Crippen molar-refractivity contribution >= 4 is 27.7 Å². The highest BCUT2D eigenvalue weighted by molar-refractivity contribution is 7.90. The number of nitrogens with zero attached hydrogens (tertiary/aromatic N) is 3. The fourth-order valence-electron chi connectivity index (χ4n) is 1.65. The minimum absolute atomic E-state index is 0.0970. The third-order valence-corrected chi connectivity index (χ3v) is 3.98. The van der Waals surface area contributed by atoms with Gasteiger partial charge < -0.3 is 5.73 Å². The lowest BCUT2D eigenvalue weighted by Crippen LogP contribution is -2.35. The van der Waals surface area contributed by atoms with E-state index in [-0.39, 0.29) is 5.95 Å². The number of amides is 2. The number of aryl methyl sites for hydroxylation is 1. The lowest BCUT2D eigenvalue weighted by Gasteiger charge is -2.08. The number of para-hydroxylation sites is 1. The summed E-state index contributed by atoms with van der Waals surface area (Å²) in [6, 6.07) is 5.13. The number of nitrogens with two attached hydrogens (primary N) is 1. The molecule has 0 saturated carbocycles. The maximum atomic E-state index is 12.1. The fourth-order valence-corrected chi connectivity index (χ4v) is 2.73. The number of nitrogens with one attached hydrogen (secondary N) is 2. The quantitative estimate of drug-likeness (QED) is 0.522. The molecule has 4 N–H and O–H groups in total. The van der Waals surface area contributed by atoms with Gasteiger partial charge in [-0.05, 0) is 25.6 Å². The predicted molar refractivity (Wildman–Crippen MR) is 93.9 cm³/mol. The van der Waals surface area contributed by atoms with Crippen LogP contribution >= 0.6 is 0 Å². The highest BCUT2D eigenvalue weighted by atomic mass is 32.2. The number of carbonyl (C=O) groups is 1. The van der Waals surface area contributed by atoms with Gasteiger partial charge in [-0.3, -0.25) is 15.4 Å². The number of carbonyl (C=O) groups excluding carboxylic acids is 1. The van der Waals surface area contributed by atoms with Crippen molar-refractivity contribution in [2.75, 3.05) is 11.9 Å². The Morgan fingerprint density at radius 2 is 1.92 bits per heavy atom. The van der Waals surface area contributed by atoms with Crippen molar-refractivity contribution in [3.8, 4) is 0 Å². The van der Waals surface area contributed by atoms with Crippen LogP contribution in [0.15, 0.2) is 41.4 Å². The molecule has 1 aromatic heterocycles. The molecule has 0 atom stereocenters. The summed E-state index contributed by atoms with van der Waals surface area (Å²) in [5, 5.41) is 13.0. The van der Waals surface area contributed by atoms with E-state index in [9.17, 15) is 23.3 Å². The van der Waals surface area contributed by atoms with E-state index in [1.54, 1.807) is 17.7 Å². The van der Waals surface area contributed by atoms with Gasteiger partial charge in [0.1, 0.15) is 0 Å². The summed E-state index contributed by atoms with van der Waals surface area (Å²) in [4.78, 5) is 28.8. The van der Waals surface area contributed by atoms with Gasteiger partial charge in [-0.25, -0.2) is 27.9 Å². The maximum absolute atomic E-state index is 12.1. The summed E-state index contributed by atoms with van der Waals surface area (Å²) in [5.74, 6) is -0.0970. The van der Waals surface area contributed by atoms with Crippen molar-refractivity contribution in [2.45, 2.75) is 18.7 Å². The number of hydrogen-bond acceptors (Lipinski definition) is 8. The molecule has 2 amide bonds. The zero-order chi connectivity index (χ0) is 19.7. The van der Waals surface area contributed by atoms with E-state index in [2.05, 4.69) is 15.3 Å². The molecule has 26 heavy (non-hydrogen) atoms. The first-order chi connectivity index (χ1) is 12.2. The fraction of sp³-hybridized carbons (Fsp3) is 0.214. The molecule has 0 aliphatic heterocycles. The van der Waals surface area contributed by atoms with Crippen LogP contribution in [0.1, 0.15) is 12.6 Å². The number of urea groups is 1. The molecule has 1 aromatic carbocycles. The van der Waals surface area contributed by atoms with E-state index in [0.717, 1.165) is 18.7 Å². The number of aromatic nitrogens is 2. The van der Waals surface area contributed by atoms with Crippen molar-refractivity contribution in [3.63, 3.8) is 0 Å². The van der Waals surface area contributed by atoms with Gasteiger partial charge in [-0.2, -0.15) is 0 Å². The Morgan fingerprint density at radius 1 is 1.31 bits per heavy atom. The molecule has 2 rings (SSSR count). The van der Waals surface area contributed by atoms with Crippen molar-refractivity contribution in [2.24, 2.45) is 5.73 Å². The van der Waals surface area contributed by atoms with Gasteiger partial charge in [-0.15, -0.1) is 0 Å². The van der Waals surface area contributed by atoms with Crippen LogP contribution in [0.25, 0.3) is 0 Å². The standard InChI is InChI=1S/C12H11N5O5S.C2H7N/c1-8-6-7-13-11(14-8)15-12(18)16-23(21,22)10-5-3-2-4-9(10)17(19)20;1-2-3/h2-7H,1H3,(H2,13,14,15,16,18);2-3H2,1H3. The maximum Gasteiger partial charge on any atom is 0.335 e. The topological polar surface area (TPSA) is 170 Å². The van der Waals surface area contributed by atoms with E-state index >= 15 is 0 Å². The van der Waals surface area contributed by atoms with E-state index in [4.69, 9.17) is 5.73 Å². The minimum Gasteiger partial charge on any atom is -0.331 e. The molecule has 0 aliphatic carbocycles. The summed E-state index contributed by atoms with van der Waals surface area (Å²) < 4.78 is 25.9. The second-order valence-corrected chi connectivity index (χ2v) is 6.37. The Kier molecular flexibility index (Phi) is 7.55. The van der Waals surface area contributed by atoms with Crippen LogP contribution in [0.3, 0.4) is 0 Å². The molecule has 2 aromatic rings. The van der Waals surface area contributed by atoms with Crippen molar-refractivity contribution in [3.05, 3.63) is 52.3 Å². The van der Waals surface area contributed by atoms with E-state index < -0.39 is 31.6 Å². The Balaban J connectivity index is 0.00000105. The zero-order valence-electron chi connectivity index (χ0n) is 14.0. The number of nitro benzene ring substituents is 1. The highest BCUT2D eigenvalue weighted by Gasteiger charge is 2.27. The zero-order valence-corrected chi connectivity index (χ0v) is 14.9. The van der Waals surface area contributed by atoms with E-state index in [0.29, 0.717) is 5.69 Å². The van der Waals surface area contributed by atoms with Crippen LogP contribution in [0, 0.1) is 17.0 Å². The van der Waals surface area contributed by atoms with Crippen LogP contribution in [0.4, 0.5) is 16.4 Å². The first-order valence-electron chi connectivity index (χ1n) is 7.28. The van der Waals surface area contributed by atoms with Crippen LogP contribution in [0.5, 0.6) is 0 Å². The summed E-state index contributed by atoms with van der Waals surface area (Å²) >= 11 is 0. The second-order valence-electron chi connectivity index (χ2n) is 4.71. The molecule has 0 spiro atoms. The first-order valence-corrected chi connectivity index (χ1v) is 8.76. The van der Waals surface area contributed by atoms with Gasteiger partial charge in [0.15, 0.2) is 4.90 Å². The molecule has 0 unspecified atom stereocenters. The monoisotopic (exact) mass is 382 g/mol. The SMILES string of the molecule is CCN.Cc1ccnc(NC(=O)NS(=O)(=O)c2ccccc2[N+](=O)[O-])n1. The van der Waals surface area contributed by atoms with Crippen LogP contribution in [-0.2, 0) is 10.0 Å². The van der Waals surface area contributed by atoms with Crippen LogP contribution < -0.4 is 15.8 Å². The lowest BCUT2D eigenvalue weighted by molar-refractivity contribution is -0.387. The Labute approximate surface area is 149 Å². The summed E-state index contributed by atoms with van der Waals surface area (Å²) in [6.45, 7) is 4.31. The molecule has 11 nitrogen and oxygen atoms in total. The highest BCUT2D eigenvalue weighted by Crippen LogP contribution is 2.22. The van der Waals surface area contributed by atoms with Gasteiger partial charge in [-0.1, -0.05) is 19.1 Å². The predicted octanol–water partition coefficient (Wildman–Crippen LogP) is 1.17. The van der Waals surface area contributed by atoms with Gasteiger partial charge in [0.05, 0.1) is 4.92 Å². The van der Waals surface area contributed by atoms with E-state index in [1.807, 2.05) is 6.92 Å². The van der Waals surface area contributed by atoms with Crippen molar-refractivity contribution in [1.82, 2.24) is 14.7 Å². The average molecular weight is 382 g/mol. The number of rotatable bonds is 4. The van der Waals surface area contributed by atoms with Gasteiger partial charge in [0, 0.05) is 18.0 Å². The first kappa shape index (κ1) is 20.9. The van der Waals surface area contributed by atoms with Crippen LogP contribution in [-0.4, -0.2) is 35.9 Å². The number of nitro groups is 1. The minimum atomic E-state index is -4.42. The molecule has 140 valence electrons. The van der Waals surface area contributed by atoms with Crippen molar-refractivity contribution in [1.29, 1.82) is 0 Å². The molecule has 0 bridgehead atoms. The third kappa shape index (κ3) is 6.07. The normalized spacial score (nSPS) is 10.3. The average Bonchev–Trinajstić information content (AvgIpc) is 2.55. The number of sulfonamides is 1. The lowest BCUT2D eigenvalue weighted by atomic mass is 10.3. The Hall–Kier alpha value is -3.12. The molecule has 12 heteroatoms. The van der Waals surface area contributed by atoms with Crippen molar-refractivity contribution < 1.29 is 18.1 Å². The molecule has 0 fully saturated rings. The number of benzene rings is 1. The number of anilines is 1. The third-order valence-electron chi connectivity index (χ3n) is 2.60. The molecular formula is C14H18N6O5S. The second kappa shape index (κ2) is 9.39. The largest absolute Gasteiger partial charge is 0.335 e.